The zero-order chi connectivity index (χ0) is 55.1. The number of benzene rings is 3. The normalized spacial score (nSPS) is 27.6. The number of aromatic amines is 1. The van der Waals surface area contributed by atoms with E-state index in [0.717, 1.165) is 58.1 Å². The fraction of sp³-hybridized carbons (Fsp3) is 0.597. The number of rotatable bonds is 28. The third-order valence-electron chi connectivity index (χ3n) is 17.7. The van der Waals surface area contributed by atoms with E-state index in [2.05, 4.69) is 55.3 Å². The quantitative estimate of drug-likeness (QED) is 0.0247. The van der Waals surface area contributed by atoms with Crippen molar-refractivity contribution < 1.29 is 46.9 Å². The number of aromatic nitrogens is 2. The Hall–Kier alpha value is -4.94. The number of H-pyrrole nitrogens is 1. The number of nitrogens with zero attached hydrogens (tertiary/aromatic N) is 3. The smallest absolute Gasteiger partial charge is 0.330 e. The minimum absolute atomic E-state index is 0.0186. The predicted octanol–water partition coefficient (Wildman–Crippen LogP) is 9.39. The summed E-state index contributed by atoms with van der Waals surface area (Å²) < 4.78 is 66.3. The maximum absolute atomic E-state index is 13.8. The van der Waals surface area contributed by atoms with Crippen LogP contribution < -0.4 is 20.7 Å². The molecule has 17 heteroatoms. The molecule has 1 aliphatic heterocycles. The molecule has 7 aliphatic carbocycles. The van der Waals surface area contributed by atoms with Crippen LogP contribution >= 0.6 is 8.53 Å². The molecule has 424 valence electrons. The SMILES string of the molecule is COc1ccc(C(OC[C@H]2O[C@@H](n3cc(C#CCOCCOCCOCCOC45CC6C7CC8CC6C(C4)C(C8)C7C5)c(=O)[nH]c3=O)C[C@@H]2OP(OCCC#N)N(C(C)C)C(C)C)(c2ccccc2)c2ccc(OC)cc2)cc1. The van der Waals surface area contributed by atoms with Gasteiger partial charge in [-0.25, -0.2) is 9.46 Å². The minimum atomic E-state index is -1.75. The second-order valence-corrected chi connectivity index (χ2v) is 24.3. The summed E-state index contributed by atoms with van der Waals surface area (Å²) in [5.74, 6) is 13.9. The Labute approximate surface area is 466 Å². The minimum Gasteiger partial charge on any atom is -0.497 e. The molecule has 8 aliphatic rings. The van der Waals surface area contributed by atoms with Gasteiger partial charge in [0, 0.05) is 24.7 Å². The molecule has 0 radical (unpaired) electrons. The van der Waals surface area contributed by atoms with E-state index in [1.54, 1.807) is 14.2 Å². The van der Waals surface area contributed by atoms with Gasteiger partial charge in [0.2, 0.25) is 0 Å². The van der Waals surface area contributed by atoms with Crippen molar-refractivity contribution in [3.05, 3.63) is 128 Å². The van der Waals surface area contributed by atoms with Crippen LogP contribution in [0.25, 0.3) is 0 Å². The molecule has 1 aromatic heterocycles. The second kappa shape index (κ2) is 25.9. The number of nitriles is 1. The molecule has 4 aromatic rings. The first-order valence-corrected chi connectivity index (χ1v) is 29.7. The van der Waals surface area contributed by atoms with E-state index < -0.39 is 43.8 Å². The molecule has 3 aromatic carbocycles. The van der Waals surface area contributed by atoms with E-state index in [9.17, 15) is 14.9 Å². The van der Waals surface area contributed by atoms with Gasteiger partial charge in [-0.3, -0.25) is 14.3 Å². The summed E-state index contributed by atoms with van der Waals surface area (Å²) in [6.45, 7) is 11.3. The van der Waals surface area contributed by atoms with Crippen LogP contribution in [-0.2, 0) is 43.1 Å². The summed E-state index contributed by atoms with van der Waals surface area (Å²) in [6, 6.07) is 27.7. The Morgan fingerprint density at radius 3 is 1.85 bits per heavy atom. The van der Waals surface area contributed by atoms with Crippen molar-refractivity contribution in [2.75, 3.05) is 73.7 Å². The Balaban J connectivity index is 0.782. The van der Waals surface area contributed by atoms with Crippen LogP contribution in [0.4, 0.5) is 0 Å². The predicted molar refractivity (Wildman–Crippen MR) is 298 cm³/mol. The lowest BCUT2D eigenvalue weighted by Gasteiger charge is -2.72. The lowest BCUT2D eigenvalue weighted by Crippen LogP contribution is -2.67. The van der Waals surface area contributed by atoms with Gasteiger partial charge in [0.25, 0.3) is 14.1 Å². The highest BCUT2D eigenvalue weighted by atomic mass is 31.2. The zero-order valence-electron chi connectivity index (χ0n) is 46.7. The molecule has 8 fully saturated rings. The van der Waals surface area contributed by atoms with E-state index in [-0.39, 0.29) is 55.9 Å². The summed E-state index contributed by atoms with van der Waals surface area (Å²) >= 11 is 0. The Bertz CT molecular complexity index is 2750. The van der Waals surface area contributed by atoms with Crippen LogP contribution in [0.2, 0.25) is 0 Å². The van der Waals surface area contributed by atoms with Crippen molar-refractivity contribution in [1.82, 2.24) is 14.2 Å². The molecule has 4 atom stereocenters. The molecule has 0 spiro atoms. The summed E-state index contributed by atoms with van der Waals surface area (Å²) in [5.41, 5.74) is 0.175. The number of methoxy groups -OCH3 is 2. The summed E-state index contributed by atoms with van der Waals surface area (Å²) in [4.78, 5) is 29.4. The third-order valence-corrected chi connectivity index (χ3v) is 19.9. The lowest BCUT2D eigenvalue weighted by molar-refractivity contribution is -0.270. The molecule has 0 amide bonds. The van der Waals surface area contributed by atoms with E-state index in [4.69, 9.17) is 46.9 Å². The van der Waals surface area contributed by atoms with Gasteiger partial charge in [0.15, 0.2) is 0 Å². The van der Waals surface area contributed by atoms with Crippen molar-refractivity contribution in [3.8, 4) is 29.4 Å². The first kappa shape index (κ1) is 57.3. The lowest BCUT2D eigenvalue weighted by atomic mass is 9.35. The molecule has 12 rings (SSSR count). The first-order valence-electron chi connectivity index (χ1n) is 28.5. The Kier molecular flexibility index (Phi) is 18.8. The average Bonchev–Trinajstić information content (AvgIpc) is 3.65. The van der Waals surface area contributed by atoms with Gasteiger partial charge in [-0.1, -0.05) is 66.4 Å². The fourth-order valence-electron chi connectivity index (χ4n) is 14.6. The van der Waals surface area contributed by atoms with Crippen molar-refractivity contribution in [1.29, 1.82) is 5.26 Å². The summed E-state index contributed by atoms with van der Waals surface area (Å²) in [5, 5.41) is 9.48. The molecule has 2 heterocycles. The van der Waals surface area contributed by atoms with Crippen LogP contribution in [-0.4, -0.2) is 118 Å². The average molecular weight is 1100 g/mol. The van der Waals surface area contributed by atoms with Crippen LogP contribution in [0.5, 0.6) is 11.5 Å². The van der Waals surface area contributed by atoms with Gasteiger partial charge in [0.05, 0.1) is 91.3 Å². The van der Waals surface area contributed by atoms with Crippen molar-refractivity contribution in [3.63, 3.8) is 0 Å². The maximum atomic E-state index is 13.8. The van der Waals surface area contributed by atoms with Crippen molar-refractivity contribution in [2.24, 2.45) is 41.4 Å². The van der Waals surface area contributed by atoms with E-state index >= 15 is 0 Å². The molecule has 8 bridgehead atoms. The molecule has 1 unspecified atom stereocenters. The van der Waals surface area contributed by atoms with Gasteiger partial charge in [-0.15, -0.1) is 0 Å². The topological polar surface area (TPSA) is 174 Å². The largest absolute Gasteiger partial charge is 0.497 e. The van der Waals surface area contributed by atoms with Gasteiger partial charge >= 0.3 is 5.69 Å². The fourth-order valence-corrected chi connectivity index (χ4v) is 16.4. The first-order chi connectivity index (χ1) is 38.4. The standard InChI is InChI=1S/C62H79N4O12P/c1-41(2)66(42(3)4)79(76-25-11-23-63)78-56-35-58(77-57(56)40-75-62(45-13-8-7-9-14-45,46-15-19-48(69-5)20-16-46)47-17-21-49(70-6)22-18-47)65-39-44(59(67)64-60(65)68)12-10-24-71-26-27-72-28-29-73-30-31-74-61-36-53-50-32-43-33-51(53)55(38-61)52(34-43)54(50)37-61/h7-9,13-22,39,41-43,50-58H,11,24-38,40H2,1-6H3,(H,64,67,68)/t43?,50?,51?,52?,53?,54?,55?,56-,57+,58+,61?,79?/m0/s1. The van der Waals surface area contributed by atoms with E-state index in [1.807, 2.05) is 78.9 Å². The molecule has 1 N–H and O–H groups in total. The summed E-state index contributed by atoms with van der Waals surface area (Å²) in [6.07, 6.45) is 7.68. The van der Waals surface area contributed by atoms with E-state index in [0.29, 0.717) is 51.1 Å². The van der Waals surface area contributed by atoms with Crippen LogP contribution in [0.15, 0.2) is 94.6 Å². The van der Waals surface area contributed by atoms with Crippen molar-refractivity contribution in [2.45, 2.75) is 121 Å². The van der Waals surface area contributed by atoms with E-state index in [1.165, 1.54) is 49.3 Å². The maximum Gasteiger partial charge on any atom is 0.330 e. The number of ether oxygens (including phenoxy) is 8. The second-order valence-electron chi connectivity index (χ2n) is 22.9. The molecular weight excluding hydrogens is 1020 g/mol. The number of hydrogen-bond acceptors (Lipinski definition) is 14. The zero-order valence-corrected chi connectivity index (χ0v) is 47.6. The Morgan fingerprint density at radius 2 is 1.29 bits per heavy atom. The van der Waals surface area contributed by atoms with Crippen LogP contribution in [0, 0.1) is 64.6 Å². The monoisotopic (exact) mass is 1100 g/mol. The highest BCUT2D eigenvalue weighted by molar-refractivity contribution is 7.44. The van der Waals surface area contributed by atoms with Gasteiger partial charge < -0.3 is 46.9 Å². The Morgan fingerprint density at radius 1 is 0.734 bits per heavy atom. The summed E-state index contributed by atoms with van der Waals surface area (Å²) in [7, 11) is 1.50. The highest BCUT2D eigenvalue weighted by Crippen LogP contribution is 2.72. The van der Waals surface area contributed by atoms with Gasteiger partial charge in [0.1, 0.15) is 41.6 Å². The van der Waals surface area contributed by atoms with Gasteiger partial charge in [-0.05, 0) is 149 Å². The third kappa shape index (κ3) is 12.5. The number of hydrogen-bond donors (Lipinski definition) is 1. The van der Waals surface area contributed by atoms with Crippen molar-refractivity contribution >= 4 is 8.53 Å². The highest BCUT2D eigenvalue weighted by Gasteiger charge is 2.67. The molecule has 1 saturated heterocycles. The molecule has 79 heavy (non-hydrogen) atoms. The molecule has 7 saturated carbocycles. The number of nitrogens with one attached hydrogen (secondary N) is 1. The van der Waals surface area contributed by atoms with Crippen LogP contribution in [0.1, 0.15) is 108 Å². The van der Waals surface area contributed by atoms with Gasteiger partial charge in [-0.2, -0.15) is 5.26 Å². The van der Waals surface area contributed by atoms with Crippen LogP contribution in [0.3, 0.4) is 0 Å². The molecular formula is C62H79N4O12P. The molecule has 16 nitrogen and oxygen atoms in total.